The summed E-state index contributed by atoms with van der Waals surface area (Å²) in [6.07, 6.45) is 13.6. The zero-order chi connectivity index (χ0) is 38.2. The molecular formula is C50H32N6O2. The summed E-state index contributed by atoms with van der Waals surface area (Å²) in [6, 6.07) is 47.7. The van der Waals surface area contributed by atoms with Gasteiger partial charge in [0.25, 0.3) is 0 Å². The average Bonchev–Trinajstić information content (AvgIpc) is 3.58. The number of rotatable bonds is 4. The number of nitrogens with one attached hydrogen (secondary N) is 1. The van der Waals surface area contributed by atoms with E-state index in [0.717, 1.165) is 73.1 Å². The van der Waals surface area contributed by atoms with E-state index in [2.05, 4.69) is 122 Å². The standard InChI is InChI=1S/C50H32N6O2/c1-2-12-33(32(11-1)31-24-29-51-30-25-31)39-22-20-37-46(55-39)45-36(15-9-26-52-45)50(37)35-14-4-7-18-43(35)57-47-38(50)21-23-42-48(47)58-44-19-8-6-17-41(44)56(42)40-16-5-3-13-34(40)49-53-27-10-28-54-49/h1-30,45,52H. The number of nitrogens with zero attached hydrogens (tertiary/aromatic N) is 5. The van der Waals surface area contributed by atoms with Crippen LogP contribution in [0.5, 0.6) is 23.0 Å². The normalized spacial score (nSPS) is 17.6. The van der Waals surface area contributed by atoms with Crippen LogP contribution in [0.3, 0.4) is 0 Å². The van der Waals surface area contributed by atoms with Gasteiger partial charge < -0.3 is 19.7 Å². The van der Waals surface area contributed by atoms with Crippen molar-refractivity contribution in [3.8, 4) is 56.8 Å². The lowest BCUT2D eigenvalue weighted by atomic mass is 9.65. The summed E-state index contributed by atoms with van der Waals surface area (Å²) in [6.45, 7) is 0. The van der Waals surface area contributed by atoms with Crippen molar-refractivity contribution in [3.63, 3.8) is 0 Å². The van der Waals surface area contributed by atoms with Crippen molar-refractivity contribution >= 4 is 17.1 Å². The molecule has 0 bridgehead atoms. The van der Waals surface area contributed by atoms with Crippen LogP contribution in [0.15, 0.2) is 188 Å². The summed E-state index contributed by atoms with van der Waals surface area (Å²) in [5.41, 5.74) is 12.3. The fraction of sp³-hybridized carbons (Fsp3) is 0.0400. The molecule has 8 nitrogen and oxygen atoms in total. The fourth-order valence-corrected chi connectivity index (χ4v) is 9.33. The van der Waals surface area contributed by atoms with Crippen LogP contribution < -0.4 is 19.7 Å². The highest BCUT2D eigenvalue weighted by molar-refractivity contribution is 5.94. The van der Waals surface area contributed by atoms with Gasteiger partial charge in [-0.25, -0.2) is 15.0 Å². The zero-order valence-electron chi connectivity index (χ0n) is 31.0. The molecule has 6 heterocycles. The molecule has 0 fully saturated rings. The maximum Gasteiger partial charge on any atom is 0.194 e. The van der Waals surface area contributed by atoms with Gasteiger partial charge in [-0.1, -0.05) is 84.9 Å². The number of ether oxygens (including phenoxy) is 2. The highest BCUT2D eigenvalue weighted by Gasteiger charge is 2.56. The SMILES string of the molecule is C1=CNC2C(=C1)C1(c3ccccc3Oc3c1ccc1c3Oc3ccccc3N1c1ccccc1-c1ncccn1)c1ccc(-c3ccccc3-c3ccncc3)nc12. The Balaban J connectivity index is 1.10. The first kappa shape index (κ1) is 32.4. The molecule has 12 rings (SSSR count). The highest BCUT2D eigenvalue weighted by Crippen LogP contribution is 2.67. The van der Waals surface area contributed by atoms with E-state index < -0.39 is 5.41 Å². The number of hydrogen-bond acceptors (Lipinski definition) is 8. The van der Waals surface area contributed by atoms with Crippen LogP contribution >= 0.6 is 0 Å². The van der Waals surface area contributed by atoms with Crippen molar-refractivity contribution in [2.75, 3.05) is 4.90 Å². The maximum atomic E-state index is 7.06. The number of fused-ring (bicyclic) bond motifs is 12. The molecule has 0 saturated carbocycles. The molecule has 1 spiro atoms. The lowest BCUT2D eigenvalue weighted by Crippen LogP contribution is -2.35. The van der Waals surface area contributed by atoms with Crippen molar-refractivity contribution < 1.29 is 9.47 Å². The van der Waals surface area contributed by atoms with Gasteiger partial charge in [-0.2, -0.15) is 0 Å². The minimum absolute atomic E-state index is 0.182. The zero-order valence-corrected chi connectivity index (χ0v) is 31.0. The van der Waals surface area contributed by atoms with Gasteiger partial charge in [0.05, 0.1) is 39.9 Å². The summed E-state index contributed by atoms with van der Waals surface area (Å²) in [5, 5.41) is 3.71. The second kappa shape index (κ2) is 12.6. The van der Waals surface area contributed by atoms with E-state index in [1.165, 1.54) is 5.57 Å². The molecule has 58 heavy (non-hydrogen) atoms. The van der Waals surface area contributed by atoms with Crippen molar-refractivity contribution in [2.45, 2.75) is 11.5 Å². The van der Waals surface area contributed by atoms with Crippen LogP contribution in [0.4, 0.5) is 17.1 Å². The first-order valence-electron chi connectivity index (χ1n) is 19.3. The third kappa shape index (κ3) is 4.57. The molecule has 0 amide bonds. The molecule has 4 aliphatic rings. The van der Waals surface area contributed by atoms with Gasteiger partial charge in [0.1, 0.15) is 5.75 Å². The monoisotopic (exact) mass is 748 g/mol. The molecule has 0 saturated heterocycles. The number of allylic oxidation sites excluding steroid dienone is 2. The minimum Gasteiger partial charge on any atom is -0.453 e. The summed E-state index contributed by atoms with van der Waals surface area (Å²) < 4.78 is 14.0. The van der Waals surface area contributed by atoms with Crippen molar-refractivity contribution in [2.24, 2.45) is 0 Å². The predicted molar refractivity (Wildman–Crippen MR) is 225 cm³/mol. The Labute approximate surface area is 334 Å². The van der Waals surface area contributed by atoms with Crippen LogP contribution in [-0.2, 0) is 5.41 Å². The molecule has 2 unspecified atom stereocenters. The van der Waals surface area contributed by atoms with Gasteiger partial charge in [-0.15, -0.1) is 0 Å². The highest BCUT2D eigenvalue weighted by atomic mass is 16.5. The smallest absolute Gasteiger partial charge is 0.194 e. The number of hydrogen-bond donors (Lipinski definition) is 1. The van der Waals surface area contributed by atoms with Crippen LogP contribution in [0.25, 0.3) is 33.8 Å². The lowest BCUT2D eigenvalue weighted by Gasteiger charge is -2.42. The summed E-state index contributed by atoms with van der Waals surface area (Å²) in [4.78, 5) is 21.3. The molecular weight excluding hydrogens is 717 g/mol. The molecule has 2 atom stereocenters. The first-order valence-corrected chi connectivity index (χ1v) is 19.3. The Morgan fingerprint density at radius 1 is 0.552 bits per heavy atom. The second-order valence-corrected chi connectivity index (χ2v) is 14.6. The number of aromatic nitrogens is 4. The van der Waals surface area contributed by atoms with Crippen LogP contribution in [0.1, 0.15) is 28.4 Å². The Bertz CT molecular complexity index is 3020. The number of para-hydroxylation sites is 4. The van der Waals surface area contributed by atoms with E-state index in [-0.39, 0.29) is 6.04 Å². The molecule has 274 valence electrons. The van der Waals surface area contributed by atoms with Gasteiger partial charge in [0, 0.05) is 47.0 Å². The quantitative estimate of drug-likeness (QED) is 0.190. The van der Waals surface area contributed by atoms with E-state index in [4.69, 9.17) is 14.5 Å². The average molecular weight is 749 g/mol. The van der Waals surface area contributed by atoms with Crippen LogP contribution in [0, 0.1) is 0 Å². The maximum absolute atomic E-state index is 7.06. The Kier molecular flexibility index (Phi) is 7.04. The Morgan fingerprint density at radius 2 is 1.26 bits per heavy atom. The molecule has 0 radical (unpaired) electrons. The van der Waals surface area contributed by atoms with Crippen molar-refractivity contribution in [3.05, 3.63) is 211 Å². The number of anilines is 3. The summed E-state index contributed by atoms with van der Waals surface area (Å²) >= 11 is 0. The van der Waals surface area contributed by atoms with Crippen molar-refractivity contribution in [1.29, 1.82) is 0 Å². The topological polar surface area (TPSA) is 85.3 Å². The molecule has 1 aliphatic carbocycles. The summed E-state index contributed by atoms with van der Waals surface area (Å²) in [5.74, 6) is 3.42. The third-order valence-electron chi connectivity index (χ3n) is 11.7. The van der Waals surface area contributed by atoms with E-state index in [1.54, 1.807) is 12.4 Å². The van der Waals surface area contributed by atoms with Gasteiger partial charge >= 0.3 is 0 Å². The number of pyridine rings is 2. The Morgan fingerprint density at radius 3 is 2.12 bits per heavy atom. The van der Waals surface area contributed by atoms with E-state index in [0.29, 0.717) is 23.1 Å². The Hall–Kier alpha value is -7.84. The van der Waals surface area contributed by atoms with E-state index >= 15 is 0 Å². The lowest BCUT2D eigenvalue weighted by molar-refractivity contribution is 0.389. The largest absolute Gasteiger partial charge is 0.453 e. The van der Waals surface area contributed by atoms with Crippen LogP contribution in [0.2, 0.25) is 0 Å². The van der Waals surface area contributed by atoms with E-state index in [9.17, 15) is 0 Å². The minimum atomic E-state index is -0.742. The molecule has 3 aliphatic heterocycles. The molecule has 8 aromatic rings. The van der Waals surface area contributed by atoms with Gasteiger partial charge in [0.2, 0.25) is 0 Å². The molecule has 3 aromatic heterocycles. The number of benzene rings is 5. The van der Waals surface area contributed by atoms with E-state index in [1.807, 2.05) is 73.2 Å². The number of dihydropyridines is 1. The molecule has 1 N–H and O–H groups in total. The van der Waals surface area contributed by atoms with Crippen molar-refractivity contribution in [1.82, 2.24) is 25.3 Å². The molecule has 8 heteroatoms. The van der Waals surface area contributed by atoms with Crippen LogP contribution in [-0.4, -0.2) is 19.9 Å². The van der Waals surface area contributed by atoms with Gasteiger partial charge in [-0.3, -0.25) is 4.98 Å². The molecule has 5 aromatic carbocycles. The second-order valence-electron chi connectivity index (χ2n) is 14.6. The predicted octanol–water partition coefficient (Wildman–Crippen LogP) is 11.4. The summed E-state index contributed by atoms with van der Waals surface area (Å²) in [7, 11) is 0. The van der Waals surface area contributed by atoms with Gasteiger partial charge in [0.15, 0.2) is 23.1 Å². The third-order valence-corrected chi connectivity index (χ3v) is 11.7. The first-order chi connectivity index (χ1) is 28.8. The fourth-order valence-electron chi connectivity index (χ4n) is 9.33. The van der Waals surface area contributed by atoms with Gasteiger partial charge in [-0.05, 0) is 95.2 Å².